The Balaban J connectivity index is 2.51. The molecule has 0 radical (unpaired) electrons. The maximum absolute atomic E-state index is 12.6. The molecule has 0 amide bonds. The van der Waals surface area contributed by atoms with Gasteiger partial charge in [-0.1, -0.05) is 0 Å². The van der Waals surface area contributed by atoms with E-state index in [2.05, 4.69) is 31.9 Å². The number of methoxy groups -OCH3 is 2. The highest BCUT2D eigenvalue weighted by Gasteiger charge is 2.20. The van der Waals surface area contributed by atoms with Crippen molar-refractivity contribution in [3.05, 3.63) is 43.0 Å². The molecule has 0 unspecified atom stereocenters. The molecule has 0 saturated heterocycles. The van der Waals surface area contributed by atoms with Gasteiger partial charge in [-0.2, -0.15) is 0 Å². The van der Waals surface area contributed by atoms with Crippen molar-refractivity contribution < 1.29 is 14.3 Å². The standard InChI is InChI=1S/C13H10Br2O3S/c1-17-7-3-4-10(18-2)8(5-7)12(16)13-11(15)9(14)6-19-13/h3-6H,1-2H3. The molecule has 100 valence electrons. The first-order valence-electron chi connectivity index (χ1n) is 5.27. The maximum Gasteiger partial charge on any atom is 0.207 e. The van der Waals surface area contributed by atoms with Crippen LogP contribution in [0.1, 0.15) is 15.2 Å². The molecule has 0 spiro atoms. The highest BCUT2D eigenvalue weighted by Crippen LogP contribution is 2.36. The second-order valence-corrected chi connectivity index (χ2v) is 6.15. The topological polar surface area (TPSA) is 35.5 Å². The molecule has 0 aliphatic heterocycles. The van der Waals surface area contributed by atoms with Crippen LogP contribution in [0.3, 0.4) is 0 Å². The molecule has 0 bridgehead atoms. The van der Waals surface area contributed by atoms with Crippen LogP contribution >= 0.6 is 43.2 Å². The fourth-order valence-electron chi connectivity index (χ4n) is 1.59. The van der Waals surface area contributed by atoms with Crippen molar-refractivity contribution >= 4 is 49.0 Å². The first-order chi connectivity index (χ1) is 9.08. The molecule has 0 fully saturated rings. The molecule has 19 heavy (non-hydrogen) atoms. The third-order valence-corrected chi connectivity index (χ3v) is 6.07. The van der Waals surface area contributed by atoms with Crippen molar-refractivity contribution in [1.82, 2.24) is 0 Å². The minimum absolute atomic E-state index is 0.0988. The van der Waals surface area contributed by atoms with Gasteiger partial charge >= 0.3 is 0 Å². The molecule has 1 aromatic carbocycles. The number of halogens is 2. The van der Waals surface area contributed by atoms with E-state index in [0.29, 0.717) is 21.9 Å². The second-order valence-electron chi connectivity index (χ2n) is 3.62. The lowest BCUT2D eigenvalue weighted by Gasteiger charge is -2.09. The second kappa shape index (κ2) is 6.07. The van der Waals surface area contributed by atoms with Crippen LogP contribution in [0.15, 0.2) is 32.5 Å². The Labute approximate surface area is 131 Å². The van der Waals surface area contributed by atoms with Crippen LogP contribution in [0, 0.1) is 0 Å². The number of rotatable bonds is 4. The van der Waals surface area contributed by atoms with E-state index in [1.807, 2.05) is 5.38 Å². The zero-order valence-corrected chi connectivity index (χ0v) is 14.2. The van der Waals surface area contributed by atoms with E-state index in [-0.39, 0.29) is 5.78 Å². The van der Waals surface area contributed by atoms with E-state index in [9.17, 15) is 4.79 Å². The van der Waals surface area contributed by atoms with E-state index in [4.69, 9.17) is 9.47 Å². The number of hydrogen-bond acceptors (Lipinski definition) is 4. The molecule has 3 nitrogen and oxygen atoms in total. The number of thiophene rings is 1. The molecule has 0 saturated carbocycles. The lowest BCUT2D eigenvalue weighted by molar-refractivity contribution is 0.103. The first kappa shape index (κ1) is 14.6. The zero-order chi connectivity index (χ0) is 14.0. The first-order valence-corrected chi connectivity index (χ1v) is 7.74. The van der Waals surface area contributed by atoms with Crippen LogP contribution in [0.5, 0.6) is 11.5 Å². The van der Waals surface area contributed by atoms with Gasteiger partial charge in [0.1, 0.15) is 11.5 Å². The van der Waals surface area contributed by atoms with Gasteiger partial charge in [0.25, 0.3) is 0 Å². The third kappa shape index (κ3) is 2.85. The van der Waals surface area contributed by atoms with Gasteiger partial charge in [-0.15, -0.1) is 11.3 Å². The number of hydrogen-bond donors (Lipinski definition) is 0. The van der Waals surface area contributed by atoms with Gasteiger partial charge in [0.05, 0.1) is 29.1 Å². The summed E-state index contributed by atoms with van der Waals surface area (Å²) in [6.45, 7) is 0. The molecule has 0 aliphatic rings. The minimum atomic E-state index is -0.0988. The average molecular weight is 406 g/mol. The average Bonchev–Trinajstić information content (AvgIpc) is 2.77. The van der Waals surface area contributed by atoms with E-state index in [1.54, 1.807) is 25.3 Å². The molecule has 2 rings (SSSR count). The quantitative estimate of drug-likeness (QED) is 0.701. The molecule has 2 aromatic rings. The summed E-state index contributed by atoms with van der Waals surface area (Å²) >= 11 is 8.15. The van der Waals surface area contributed by atoms with E-state index < -0.39 is 0 Å². The van der Waals surface area contributed by atoms with Crippen LogP contribution in [-0.2, 0) is 0 Å². The Hall–Kier alpha value is -0.850. The van der Waals surface area contributed by atoms with Crippen LogP contribution in [0.2, 0.25) is 0 Å². The number of carbonyl (C=O) groups excluding carboxylic acids is 1. The summed E-state index contributed by atoms with van der Waals surface area (Å²) in [5, 5.41) is 1.87. The number of benzene rings is 1. The van der Waals surface area contributed by atoms with Gasteiger partial charge in [0.15, 0.2) is 0 Å². The summed E-state index contributed by atoms with van der Waals surface area (Å²) in [5.74, 6) is 1.05. The summed E-state index contributed by atoms with van der Waals surface area (Å²) in [4.78, 5) is 13.2. The Bertz CT molecular complexity index is 622. The molecule has 6 heteroatoms. The summed E-state index contributed by atoms with van der Waals surface area (Å²) in [7, 11) is 3.10. The Morgan fingerprint density at radius 1 is 1.21 bits per heavy atom. The molecule has 0 aliphatic carbocycles. The van der Waals surface area contributed by atoms with Gasteiger partial charge in [0, 0.05) is 9.85 Å². The van der Waals surface area contributed by atoms with Crippen molar-refractivity contribution in [2.75, 3.05) is 14.2 Å². The largest absolute Gasteiger partial charge is 0.497 e. The van der Waals surface area contributed by atoms with E-state index >= 15 is 0 Å². The van der Waals surface area contributed by atoms with Crippen LogP contribution in [0.4, 0.5) is 0 Å². The predicted octanol–water partition coefficient (Wildman–Crippen LogP) is 4.52. The molecule has 0 N–H and O–H groups in total. The van der Waals surface area contributed by atoms with Gasteiger partial charge in [0.2, 0.25) is 5.78 Å². The Morgan fingerprint density at radius 2 is 1.95 bits per heavy atom. The van der Waals surface area contributed by atoms with Crippen molar-refractivity contribution in [2.24, 2.45) is 0 Å². The highest BCUT2D eigenvalue weighted by molar-refractivity contribution is 9.13. The van der Waals surface area contributed by atoms with Gasteiger partial charge in [-0.3, -0.25) is 4.79 Å². The van der Waals surface area contributed by atoms with E-state index in [0.717, 1.165) is 8.95 Å². The highest BCUT2D eigenvalue weighted by atomic mass is 79.9. The molecule has 0 atom stereocenters. The van der Waals surface area contributed by atoms with Crippen LogP contribution < -0.4 is 9.47 Å². The number of ketones is 1. The molecule has 1 aromatic heterocycles. The predicted molar refractivity (Wildman–Crippen MR) is 82.7 cm³/mol. The van der Waals surface area contributed by atoms with Gasteiger partial charge in [-0.05, 0) is 50.1 Å². The lowest BCUT2D eigenvalue weighted by Crippen LogP contribution is -2.03. The normalized spacial score (nSPS) is 10.3. The summed E-state index contributed by atoms with van der Waals surface area (Å²) < 4.78 is 12.0. The summed E-state index contributed by atoms with van der Waals surface area (Å²) in [6, 6.07) is 5.17. The van der Waals surface area contributed by atoms with E-state index in [1.165, 1.54) is 18.4 Å². The molecular weight excluding hydrogens is 396 g/mol. The Kier molecular flexibility index (Phi) is 4.65. The maximum atomic E-state index is 12.6. The monoisotopic (exact) mass is 404 g/mol. The number of ether oxygens (including phenoxy) is 2. The van der Waals surface area contributed by atoms with Crippen LogP contribution in [0.25, 0.3) is 0 Å². The zero-order valence-electron chi connectivity index (χ0n) is 10.2. The lowest BCUT2D eigenvalue weighted by atomic mass is 10.1. The SMILES string of the molecule is COc1ccc(OC)c(C(=O)c2scc(Br)c2Br)c1. The van der Waals surface area contributed by atoms with Crippen molar-refractivity contribution in [1.29, 1.82) is 0 Å². The number of carbonyl (C=O) groups is 1. The van der Waals surface area contributed by atoms with Crippen molar-refractivity contribution in [3.63, 3.8) is 0 Å². The third-order valence-electron chi connectivity index (χ3n) is 2.55. The fourth-order valence-corrected chi connectivity index (χ4v) is 3.70. The fraction of sp³-hybridized carbons (Fsp3) is 0.154. The van der Waals surface area contributed by atoms with Crippen molar-refractivity contribution in [3.8, 4) is 11.5 Å². The molecular formula is C13H10Br2O3S. The van der Waals surface area contributed by atoms with Crippen molar-refractivity contribution in [2.45, 2.75) is 0 Å². The minimum Gasteiger partial charge on any atom is -0.497 e. The van der Waals surface area contributed by atoms with Crippen LogP contribution in [-0.4, -0.2) is 20.0 Å². The summed E-state index contributed by atoms with van der Waals surface area (Å²) in [6.07, 6.45) is 0. The van der Waals surface area contributed by atoms with Gasteiger partial charge in [-0.25, -0.2) is 0 Å². The van der Waals surface area contributed by atoms with Gasteiger partial charge < -0.3 is 9.47 Å². The Morgan fingerprint density at radius 3 is 2.47 bits per heavy atom. The summed E-state index contributed by atoms with van der Waals surface area (Å²) in [5.41, 5.74) is 0.483. The smallest absolute Gasteiger partial charge is 0.207 e. The molecule has 1 heterocycles.